The fraction of sp³-hybridized carbons (Fsp3) is 0.474. The van der Waals surface area contributed by atoms with Gasteiger partial charge in [0, 0.05) is 37.8 Å². The molecule has 2 heterocycles. The van der Waals surface area contributed by atoms with Crippen LogP contribution in [-0.4, -0.2) is 54.9 Å². The third-order valence-corrected chi connectivity index (χ3v) is 4.14. The molecular weight excluding hydrogens is 318 g/mol. The molecule has 0 aliphatic carbocycles. The monoisotopic (exact) mass is 343 g/mol. The maximum atomic E-state index is 12.3. The summed E-state index contributed by atoms with van der Waals surface area (Å²) in [6.45, 7) is 8.44. The quantitative estimate of drug-likeness (QED) is 0.872. The van der Waals surface area contributed by atoms with Crippen molar-refractivity contribution in [2.45, 2.75) is 20.0 Å². The molecule has 1 aliphatic rings. The van der Waals surface area contributed by atoms with E-state index >= 15 is 0 Å². The van der Waals surface area contributed by atoms with Gasteiger partial charge in [-0.3, -0.25) is 9.69 Å². The Labute approximate surface area is 148 Å². The third-order valence-electron chi connectivity index (χ3n) is 4.14. The Kier molecular flexibility index (Phi) is 5.83. The minimum Gasteiger partial charge on any atom is -0.374 e. The summed E-state index contributed by atoms with van der Waals surface area (Å²) in [6, 6.07) is 11.3. The first-order valence-corrected chi connectivity index (χ1v) is 8.76. The van der Waals surface area contributed by atoms with Crippen molar-refractivity contribution in [1.82, 2.24) is 15.4 Å². The molecule has 1 unspecified atom stereocenters. The summed E-state index contributed by atoms with van der Waals surface area (Å²) in [5.74, 6) is 0.971. The zero-order valence-electron chi connectivity index (χ0n) is 14.8. The van der Waals surface area contributed by atoms with Gasteiger partial charge in [-0.15, -0.1) is 0 Å². The number of nitrogens with zero attached hydrogens (tertiary/aromatic N) is 2. The number of aromatic nitrogens is 1. The molecule has 1 aromatic heterocycles. The highest BCUT2D eigenvalue weighted by Gasteiger charge is 2.22. The molecule has 1 amide bonds. The van der Waals surface area contributed by atoms with Gasteiger partial charge < -0.3 is 14.6 Å². The minimum absolute atomic E-state index is 0.0111. The topological polar surface area (TPSA) is 67.6 Å². The maximum Gasteiger partial charge on any atom is 0.273 e. The molecular formula is C19H25N3O3. The van der Waals surface area contributed by atoms with E-state index in [1.165, 1.54) is 0 Å². The lowest BCUT2D eigenvalue weighted by Crippen LogP contribution is -2.48. The van der Waals surface area contributed by atoms with Crippen LogP contribution in [0.25, 0.3) is 11.3 Å². The number of nitrogens with one attached hydrogen (secondary N) is 1. The lowest BCUT2D eigenvalue weighted by Gasteiger charge is -2.33. The summed E-state index contributed by atoms with van der Waals surface area (Å²) in [6.07, 6.45) is 0.0111. The van der Waals surface area contributed by atoms with Crippen molar-refractivity contribution < 1.29 is 14.1 Å². The van der Waals surface area contributed by atoms with Crippen molar-refractivity contribution in [1.29, 1.82) is 0 Å². The van der Waals surface area contributed by atoms with E-state index in [2.05, 4.69) is 29.2 Å². The third kappa shape index (κ3) is 4.90. The Morgan fingerprint density at radius 1 is 1.36 bits per heavy atom. The molecule has 2 aromatic rings. The number of hydrogen-bond acceptors (Lipinski definition) is 5. The van der Waals surface area contributed by atoms with Gasteiger partial charge in [0.1, 0.15) is 0 Å². The summed E-state index contributed by atoms with van der Waals surface area (Å²) in [5, 5.41) is 6.77. The van der Waals surface area contributed by atoms with E-state index in [9.17, 15) is 4.79 Å². The maximum absolute atomic E-state index is 12.3. The predicted octanol–water partition coefficient (Wildman–Crippen LogP) is 2.43. The summed E-state index contributed by atoms with van der Waals surface area (Å²) < 4.78 is 11.0. The van der Waals surface area contributed by atoms with E-state index < -0.39 is 0 Å². The summed E-state index contributed by atoms with van der Waals surface area (Å²) in [7, 11) is 0. The Balaban J connectivity index is 1.52. The highest BCUT2D eigenvalue weighted by molar-refractivity contribution is 5.93. The van der Waals surface area contributed by atoms with Gasteiger partial charge in [0.25, 0.3) is 5.91 Å². The molecule has 25 heavy (non-hydrogen) atoms. The molecule has 1 saturated heterocycles. The van der Waals surface area contributed by atoms with Crippen molar-refractivity contribution in [2.75, 3.05) is 32.8 Å². The van der Waals surface area contributed by atoms with Crippen molar-refractivity contribution in [2.24, 2.45) is 5.92 Å². The van der Waals surface area contributed by atoms with Gasteiger partial charge in [-0.2, -0.15) is 0 Å². The summed E-state index contributed by atoms with van der Waals surface area (Å²) in [4.78, 5) is 14.7. The molecule has 6 heteroatoms. The number of hydrogen-bond donors (Lipinski definition) is 1. The molecule has 3 rings (SSSR count). The molecule has 0 saturated carbocycles. The zero-order chi connectivity index (χ0) is 17.6. The molecule has 6 nitrogen and oxygen atoms in total. The standard InChI is InChI=1S/C19H25N3O3/c1-14(2)12-22-8-9-24-16(13-22)11-20-19(23)17-10-18(25-21-17)15-6-4-3-5-7-15/h3-7,10,14,16H,8-9,11-13H2,1-2H3,(H,20,23). The van der Waals surface area contributed by atoms with Crippen molar-refractivity contribution in [3.8, 4) is 11.3 Å². The van der Waals surface area contributed by atoms with Gasteiger partial charge in [0.15, 0.2) is 11.5 Å². The number of carbonyl (C=O) groups excluding carboxylic acids is 1. The predicted molar refractivity (Wildman–Crippen MR) is 95.3 cm³/mol. The summed E-state index contributed by atoms with van der Waals surface area (Å²) in [5.41, 5.74) is 1.18. The van der Waals surface area contributed by atoms with Gasteiger partial charge >= 0.3 is 0 Å². The Morgan fingerprint density at radius 3 is 2.92 bits per heavy atom. The fourth-order valence-corrected chi connectivity index (χ4v) is 3.00. The number of carbonyl (C=O) groups is 1. The molecule has 134 valence electrons. The SMILES string of the molecule is CC(C)CN1CCOC(CNC(=O)c2cc(-c3ccccc3)on2)C1. The van der Waals surface area contributed by atoms with Crippen LogP contribution in [0, 0.1) is 5.92 Å². The van der Waals surface area contributed by atoms with Crippen molar-refractivity contribution in [3.05, 3.63) is 42.1 Å². The van der Waals surface area contributed by atoms with E-state index in [0.29, 0.717) is 24.8 Å². The van der Waals surface area contributed by atoms with Crippen LogP contribution < -0.4 is 5.32 Å². The second-order valence-electron chi connectivity index (χ2n) is 6.80. The first kappa shape index (κ1) is 17.6. The van der Waals surface area contributed by atoms with Gasteiger partial charge in [0.05, 0.1) is 12.7 Å². The number of ether oxygens (including phenoxy) is 1. The van der Waals surface area contributed by atoms with Crippen LogP contribution in [0.3, 0.4) is 0 Å². The molecule has 0 spiro atoms. The normalized spacial score (nSPS) is 18.4. The van der Waals surface area contributed by atoms with E-state index in [4.69, 9.17) is 9.26 Å². The molecule has 0 radical (unpaired) electrons. The Bertz CT molecular complexity index is 684. The first-order chi connectivity index (χ1) is 12.1. The molecule has 0 bridgehead atoms. The molecule has 1 aliphatic heterocycles. The van der Waals surface area contributed by atoms with E-state index in [1.54, 1.807) is 6.07 Å². The Morgan fingerprint density at radius 2 is 2.16 bits per heavy atom. The molecule has 1 N–H and O–H groups in total. The molecule has 1 fully saturated rings. The smallest absolute Gasteiger partial charge is 0.273 e. The number of rotatable bonds is 6. The van der Waals surface area contributed by atoms with Crippen molar-refractivity contribution >= 4 is 5.91 Å². The van der Waals surface area contributed by atoms with E-state index in [1.807, 2.05) is 30.3 Å². The van der Waals surface area contributed by atoms with Crippen LogP contribution in [0.15, 0.2) is 40.9 Å². The minimum atomic E-state index is -0.240. The first-order valence-electron chi connectivity index (χ1n) is 8.76. The van der Waals surface area contributed by atoms with Crippen molar-refractivity contribution in [3.63, 3.8) is 0 Å². The van der Waals surface area contributed by atoms with Crippen LogP contribution in [0.1, 0.15) is 24.3 Å². The summed E-state index contributed by atoms with van der Waals surface area (Å²) >= 11 is 0. The lowest BCUT2D eigenvalue weighted by atomic mass is 10.1. The van der Waals surface area contributed by atoms with Crippen LogP contribution >= 0.6 is 0 Å². The van der Waals surface area contributed by atoms with Gasteiger partial charge in [-0.05, 0) is 5.92 Å². The second-order valence-corrected chi connectivity index (χ2v) is 6.80. The zero-order valence-corrected chi connectivity index (χ0v) is 14.8. The lowest BCUT2D eigenvalue weighted by molar-refractivity contribution is -0.0296. The highest BCUT2D eigenvalue weighted by Crippen LogP contribution is 2.19. The fourth-order valence-electron chi connectivity index (χ4n) is 3.00. The Hall–Kier alpha value is -2.18. The molecule has 1 atom stereocenters. The second kappa shape index (κ2) is 8.27. The van der Waals surface area contributed by atoms with Crippen LogP contribution in [0.4, 0.5) is 0 Å². The highest BCUT2D eigenvalue weighted by atomic mass is 16.5. The van der Waals surface area contributed by atoms with Gasteiger partial charge in [-0.1, -0.05) is 49.3 Å². The number of amides is 1. The van der Waals surface area contributed by atoms with Crippen LogP contribution in [0.5, 0.6) is 0 Å². The van der Waals surface area contributed by atoms with Gasteiger partial charge in [0.2, 0.25) is 0 Å². The van der Waals surface area contributed by atoms with E-state index in [0.717, 1.165) is 25.2 Å². The van der Waals surface area contributed by atoms with E-state index in [-0.39, 0.29) is 17.7 Å². The average molecular weight is 343 g/mol. The van der Waals surface area contributed by atoms with Crippen LogP contribution in [0.2, 0.25) is 0 Å². The largest absolute Gasteiger partial charge is 0.374 e. The average Bonchev–Trinajstić information content (AvgIpc) is 3.10. The van der Waals surface area contributed by atoms with Crippen LogP contribution in [-0.2, 0) is 4.74 Å². The number of benzene rings is 1. The van der Waals surface area contributed by atoms with Gasteiger partial charge in [-0.25, -0.2) is 0 Å². The molecule has 1 aromatic carbocycles. The number of morpholine rings is 1.